The molecule has 0 aliphatic carbocycles. The summed E-state index contributed by atoms with van der Waals surface area (Å²) in [5.41, 5.74) is 1.28. The molecule has 5 nitrogen and oxygen atoms in total. The number of hydrogen-bond donors (Lipinski definition) is 1. The minimum atomic E-state index is 0.332. The van der Waals surface area contributed by atoms with Crippen LogP contribution in [0.3, 0.4) is 0 Å². The molecule has 3 rings (SSSR count). The molecule has 0 amide bonds. The molecule has 112 valence electrons. The first-order valence-corrected chi connectivity index (χ1v) is 7.57. The second-order valence-electron chi connectivity index (χ2n) is 5.85. The molecule has 1 aromatic heterocycles. The third-order valence-corrected chi connectivity index (χ3v) is 4.31. The molecule has 0 saturated carbocycles. The second kappa shape index (κ2) is 6.26. The summed E-state index contributed by atoms with van der Waals surface area (Å²) in [6.45, 7) is 1.98. The van der Waals surface area contributed by atoms with E-state index in [0.29, 0.717) is 11.8 Å². The summed E-state index contributed by atoms with van der Waals surface area (Å²) in [5.74, 6) is 1.35. The topological polar surface area (TPSA) is 54.2 Å². The minimum absolute atomic E-state index is 0.332. The molecule has 2 aromatic rings. The first kappa shape index (κ1) is 14.1. The Morgan fingerprint density at radius 2 is 2.05 bits per heavy atom. The normalized spacial score (nSPS) is 19.8. The summed E-state index contributed by atoms with van der Waals surface area (Å²) in [6.07, 6.45) is 6.55. The second-order valence-corrected chi connectivity index (χ2v) is 5.85. The van der Waals surface area contributed by atoms with Gasteiger partial charge in [-0.05, 0) is 43.5 Å². The van der Waals surface area contributed by atoms with Crippen LogP contribution >= 0.6 is 0 Å². The molecule has 21 heavy (non-hydrogen) atoms. The highest BCUT2D eigenvalue weighted by Crippen LogP contribution is 2.23. The van der Waals surface area contributed by atoms with Crippen molar-refractivity contribution in [3.8, 4) is 5.75 Å². The van der Waals surface area contributed by atoms with Gasteiger partial charge in [0.1, 0.15) is 17.9 Å². The molecule has 1 aliphatic rings. The molecule has 1 N–H and O–H groups in total. The Morgan fingerprint density at radius 3 is 2.76 bits per heavy atom. The molecule has 1 aliphatic heterocycles. The van der Waals surface area contributed by atoms with Crippen LogP contribution < -0.4 is 0 Å². The van der Waals surface area contributed by atoms with Crippen LogP contribution in [0.15, 0.2) is 30.6 Å². The van der Waals surface area contributed by atoms with E-state index >= 15 is 0 Å². The average molecular weight is 286 g/mol. The molecule has 0 spiro atoms. The van der Waals surface area contributed by atoms with E-state index in [2.05, 4.69) is 15.1 Å². The van der Waals surface area contributed by atoms with E-state index in [1.807, 2.05) is 23.7 Å². The maximum Gasteiger partial charge on any atom is 0.146 e. The largest absolute Gasteiger partial charge is 0.508 e. The highest BCUT2D eigenvalue weighted by atomic mass is 16.3. The van der Waals surface area contributed by atoms with Crippen LogP contribution in [0.25, 0.3) is 0 Å². The number of rotatable bonds is 4. The Morgan fingerprint density at radius 1 is 1.24 bits per heavy atom. The van der Waals surface area contributed by atoms with E-state index < -0.39 is 0 Å². The Labute approximate surface area is 125 Å². The number of hydrogen-bond acceptors (Lipinski definition) is 4. The van der Waals surface area contributed by atoms with Gasteiger partial charge in [0.05, 0.1) is 6.54 Å². The van der Waals surface area contributed by atoms with Gasteiger partial charge in [0.25, 0.3) is 0 Å². The number of likely N-dealkylation sites (tertiary alicyclic amines) is 1. The van der Waals surface area contributed by atoms with Crippen molar-refractivity contribution in [3.05, 3.63) is 42.0 Å². The smallest absolute Gasteiger partial charge is 0.146 e. The van der Waals surface area contributed by atoms with Crippen molar-refractivity contribution in [1.82, 2.24) is 19.7 Å². The van der Waals surface area contributed by atoms with Crippen molar-refractivity contribution >= 4 is 0 Å². The fraction of sp³-hybridized carbons (Fsp3) is 0.500. The Kier molecular flexibility index (Phi) is 4.20. The number of piperidine rings is 1. The summed E-state index contributed by atoms with van der Waals surface area (Å²) in [6, 6.07) is 8.12. The zero-order valence-electron chi connectivity index (χ0n) is 12.4. The number of aromatic nitrogens is 3. The van der Waals surface area contributed by atoms with Gasteiger partial charge in [-0.25, -0.2) is 0 Å². The summed E-state index contributed by atoms with van der Waals surface area (Å²) >= 11 is 0. The van der Waals surface area contributed by atoms with Gasteiger partial charge < -0.3 is 9.67 Å². The van der Waals surface area contributed by atoms with E-state index in [1.165, 1.54) is 24.8 Å². The van der Waals surface area contributed by atoms with Crippen LogP contribution in [0.2, 0.25) is 0 Å². The van der Waals surface area contributed by atoms with Crippen molar-refractivity contribution in [2.75, 3.05) is 6.54 Å². The lowest BCUT2D eigenvalue weighted by atomic mass is 9.95. The van der Waals surface area contributed by atoms with Crippen LogP contribution in [0.4, 0.5) is 0 Å². The highest BCUT2D eigenvalue weighted by Gasteiger charge is 2.23. The minimum Gasteiger partial charge on any atom is -0.508 e. The lowest BCUT2D eigenvalue weighted by Crippen LogP contribution is -2.40. The van der Waals surface area contributed by atoms with E-state index in [9.17, 15) is 5.11 Å². The average Bonchev–Trinajstić information content (AvgIpc) is 2.89. The predicted molar refractivity (Wildman–Crippen MR) is 80.9 cm³/mol. The molecule has 1 atom stereocenters. The van der Waals surface area contributed by atoms with Gasteiger partial charge in [-0.2, -0.15) is 0 Å². The Balaban J connectivity index is 1.69. The van der Waals surface area contributed by atoms with Crippen LogP contribution in [-0.2, 0) is 20.0 Å². The monoisotopic (exact) mass is 286 g/mol. The number of aryl methyl sites for hydroxylation is 1. The molecule has 1 saturated heterocycles. The molecule has 1 fully saturated rings. The number of phenolic OH excluding ortho intramolecular Hbond substituents is 1. The van der Waals surface area contributed by atoms with Crippen LogP contribution in [-0.4, -0.2) is 37.4 Å². The quantitative estimate of drug-likeness (QED) is 0.935. The Hall–Kier alpha value is -1.88. The summed E-state index contributed by atoms with van der Waals surface area (Å²) in [5, 5.41) is 17.6. The zero-order chi connectivity index (χ0) is 14.7. The standard InChI is InChI=1S/C16H22N4O/c1-19-12-17-18-16(19)11-20-9-3-2-4-14(20)10-13-5-7-15(21)8-6-13/h5-8,12,14,21H,2-4,9-11H2,1H3. The fourth-order valence-corrected chi connectivity index (χ4v) is 3.04. The number of phenols is 1. The van der Waals surface area contributed by atoms with Gasteiger partial charge in [0.15, 0.2) is 0 Å². The van der Waals surface area contributed by atoms with Crippen molar-refractivity contribution in [2.24, 2.45) is 7.05 Å². The highest BCUT2D eigenvalue weighted by molar-refractivity contribution is 5.26. The van der Waals surface area contributed by atoms with Crippen LogP contribution in [0.1, 0.15) is 30.7 Å². The SMILES string of the molecule is Cn1cnnc1CN1CCCCC1Cc1ccc(O)cc1. The van der Waals surface area contributed by atoms with Crippen LogP contribution in [0.5, 0.6) is 5.75 Å². The van der Waals surface area contributed by atoms with Crippen molar-refractivity contribution in [3.63, 3.8) is 0 Å². The number of aromatic hydroxyl groups is 1. The van der Waals surface area contributed by atoms with Gasteiger partial charge in [0, 0.05) is 13.1 Å². The molecule has 0 bridgehead atoms. The van der Waals surface area contributed by atoms with E-state index in [-0.39, 0.29) is 0 Å². The lowest BCUT2D eigenvalue weighted by Gasteiger charge is -2.35. The van der Waals surface area contributed by atoms with Gasteiger partial charge in [0.2, 0.25) is 0 Å². The van der Waals surface area contributed by atoms with E-state index in [1.54, 1.807) is 18.5 Å². The Bertz CT molecular complexity index is 578. The molecule has 1 unspecified atom stereocenters. The molecule has 5 heteroatoms. The van der Waals surface area contributed by atoms with Gasteiger partial charge in [-0.3, -0.25) is 4.90 Å². The van der Waals surface area contributed by atoms with Crippen molar-refractivity contribution < 1.29 is 5.11 Å². The van der Waals surface area contributed by atoms with Gasteiger partial charge >= 0.3 is 0 Å². The molecule has 1 aromatic carbocycles. The molecular weight excluding hydrogens is 264 g/mol. The maximum absolute atomic E-state index is 9.39. The van der Waals surface area contributed by atoms with E-state index in [4.69, 9.17) is 0 Å². The van der Waals surface area contributed by atoms with Crippen LogP contribution in [0, 0.1) is 0 Å². The van der Waals surface area contributed by atoms with Gasteiger partial charge in [-0.1, -0.05) is 18.6 Å². The third-order valence-electron chi connectivity index (χ3n) is 4.31. The molecule has 0 radical (unpaired) electrons. The van der Waals surface area contributed by atoms with Crippen molar-refractivity contribution in [2.45, 2.75) is 38.3 Å². The summed E-state index contributed by atoms with van der Waals surface area (Å²) in [7, 11) is 1.99. The molecule has 2 heterocycles. The molecular formula is C16H22N4O. The number of benzene rings is 1. The fourth-order valence-electron chi connectivity index (χ4n) is 3.04. The summed E-state index contributed by atoms with van der Waals surface area (Å²) in [4.78, 5) is 2.51. The van der Waals surface area contributed by atoms with E-state index in [0.717, 1.165) is 25.3 Å². The number of nitrogens with zero attached hydrogens (tertiary/aromatic N) is 4. The third kappa shape index (κ3) is 3.42. The van der Waals surface area contributed by atoms with Gasteiger partial charge in [-0.15, -0.1) is 10.2 Å². The summed E-state index contributed by atoms with van der Waals surface area (Å²) < 4.78 is 1.99. The van der Waals surface area contributed by atoms with Crippen molar-refractivity contribution in [1.29, 1.82) is 0 Å². The zero-order valence-corrected chi connectivity index (χ0v) is 12.4. The lowest BCUT2D eigenvalue weighted by molar-refractivity contribution is 0.134. The first-order chi connectivity index (χ1) is 10.2. The first-order valence-electron chi connectivity index (χ1n) is 7.57. The predicted octanol–water partition coefficient (Wildman–Crippen LogP) is 2.12. The maximum atomic E-state index is 9.39.